The number of amides is 1. The summed E-state index contributed by atoms with van der Waals surface area (Å²) in [6, 6.07) is 14.4. The van der Waals surface area contributed by atoms with E-state index in [0.717, 1.165) is 15.4 Å². The average molecular weight is 362 g/mol. The van der Waals surface area contributed by atoms with Crippen molar-refractivity contribution in [3.63, 3.8) is 0 Å². The van der Waals surface area contributed by atoms with E-state index >= 15 is 0 Å². The molecule has 0 aliphatic heterocycles. The molecule has 0 saturated carbocycles. The van der Waals surface area contributed by atoms with Crippen LogP contribution in [0, 0.1) is 6.92 Å². The zero-order valence-electron chi connectivity index (χ0n) is 14.3. The summed E-state index contributed by atoms with van der Waals surface area (Å²) in [6.45, 7) is 1.56. The molecule has 0 bridgehead atoms. The molecule has 7 heteroatoms. The van der Waals surface area contributed by atoms with Gasteiger partial charge in [-0.1, -0.05) is 36.4 Å². The quantitative estimate of drug-likeness (QED) is 0.774. The highest BCUT2D eigenvalue weighted by molar-refractivity contribution is 7.89. The second-order valence-corrected chi connectivity index (χ2v) is 7.60. The number of methoxy groups -OCH3 is 1. The maximum Gasteiger partial charge on any atom is 0.247 e. The first-order valence-corrected chi connectivity index (χ1v) is 9.25. The summed E-state index contributed by atoms with van der Waals surface area (Å²) >= 11 is 0. The Hall–Kier alpha value is -2.38. The standard InChI is InChI=1S/C18H22N2O4S/c1-14-8-9-16(24-2)17(12-14)25(22,23)20(13-18(19)21)11-10-15-6-4-3-5-7-15/h3-9,12H,10-11,13H2,1-2H3,(H2,19,21). The van der Waals surface area contributed by atoms with E-state index in [2.05, 4.69) is 0 Å². The Balaban J connectivity index is 2.35. The SMILES string of the molecule is COc1ccc(C)cc1S(=O)(=O)N(CCc1ccccc1)CC(N)=O. The van der Waals surface area contributed by atoms with Crippen LogP contribution in [0.15, 0.2) is 53.4 Å². The van der Waals surface area contributed by atoms with Crippen LogP contribution in [0.5, 0.6) is 5.75 Å². The Morgan fingerprint density at radius 3 is 2.44 bits per heavy atom. The van der Waals surface area contributed by atoms with Gasteiger partial charge in [0.05, 0.1) is 13.7 Å². The van der Waals surface area contributed by atoms with Gasteiger partial charge >= 0.3 is 0 Å². The number of primary amides is 1. The number of aryl methyl sites for hydroxylation is 1. The van der Waals surface area contributed by atoms with E-state index in [1.54, 1.807) is 19.1 Å². The highest BCUT2D eigenvalue weighted by Crippen LogP contribution is 2.27. The van der Waals surface area contributed by atoms with Gasteiger partial charge in [-0.3, -0.25) is 4.79 Å². The van der Waals surface area contributed by atoms with Crippen LogP contribution in [-0.4, -0.2) is 38.8 Å². The number of nitrogens with two attached hydrogens (primary N) is 1. The number of nitrogens with zero attached hydrogens (tertiary/aromatic N) is 1. The largest absolute Gasteiger partial charge is 0.495 e. The third-order valence-corrected chi connectivity index (χ3v) is 5.63. The van der Waals surface area contributed by atoms with E-state index in [4.69, 9.17) is 10.5 Å². The minimum Gasteiger partial charge on any atom is -0.495 e. The number of ether oxygens (including phenoxy) is 1. The molecule has 2 aromatic rings. The molecule has 0 atom stereocenters. The maximum absolute atomic E-state index is 13.1. The molecule has 0 saturated heterocycles. The number of sulfonamides is 1. The Morgan fingerprint density at radius 1 is 1.16 bits per heavy atom. The number of carbonyl (C=O) groups is 1. The van der Waals surface area contributed by atoms with Crippen LogP contribution in [0.25, 0.3) is 0 Å². The van der Waals surface area contributed by atoms with Gasteiger partial charge in [-0.05, 0) is 36.6 Å². The minimum atomic E-state index is -3.92. The van der Waals surface area contributed by atoms with E-state index in [9.17, 15) is 13.2 Å². The first-order chi connectivity index (χ1) is 11.8. The Kier molecular flexibility index (Phi) is 6.17. The number of rotatable bonds is 8. The Bertz CT molecular complexity index is 835. The fourth-order valence-corrected chi connectivity index (χ4v) is 4.13. The fraction of sp³-hybridized carbons (Fsp3) is 0.278. The monoisotopic (exact) mass is 362 g/mol. The van der Waals surface area contributed by atoms with E-state index in [1.165, 1.54) is 13.2 Å². The maximum atomic E-state index is 13.1. The normalized spacial score (nSPS) is 11.5. The summed E-state index contributed by atoms with van der Waals surface area (Å²) in [5, 5.41) is 0. The van der Waals surface area contributed by atoms with Crippen molar-refractivity contribution in [3.05, 3.63) is 59.7 Å². The predicted octanol–water partition coefficient (Wildman–Crippen LogP) is 1.72. The summed E-state index contributed by atoms with van der Waals surface area (Å²) in [4.78, 5) is 11.4. The highest BCUT2D eigenvalue weighted by Gasteiger charge is 2.28. The molecule has 2 N–H and O–H groups in total. The lowest BCUT2D eigenvalue weighted by Gasteiger charge is -2.22. The second kappa shape index (κ2) is 8.13. The van der Waals surface area contributed by atoms with Crippen molar-refractivity contribution in [2.45, 2.75) is 18.2 Å². The summed E-state index contributed by atoms with van der Waals surface area (Å²) in [6.07, 6.45) is 0.474. The molecule has 0 aliphatic carbocycles. The van der Waals surface area contributed by atoms with Crippen molar-refractivity contribution >= 4 is 15.9 Å². The molecule has 25 heavy (non-hydrogen) atoms. The molecule has 2 aromatic carbocycles. The highest BCUT2D eigenvalue weighted by atomic mass is 32.2. The van der Waals surface area contributed by atoms with Gasteiger partial charge < -0.3 is 10.5 Å². The van der Waals surface area contributed by atoms with Crippen LogP contribution in [0.3, 0.4) is 0 Å². The summed E-state index contributed by atoms with van der Waals surface area (Å²) in [5.74, 6) is -0.469. The number of carbonyl (C=O) groups excluding carboxylic acids is 1. The summed E-state index contributed by atoms with van der Waals surface area (Å²) in [5.41, 5.74) is 7.02. The van der Waals surface area contributed by atoms with Crippen LogP contribution < -0.4 is 10.5 Å². The van der Waals surface area contributed by atoms with E-state index in [1.807, 2.05) is 30.3 Å². The van der Waals surface area contributed by atoms with Gasteiger partial charge in [-0.2, -0.15) is 4.31 Å². The second-order valence-electron chi connectivity index (χ2n) is 5.69. The van der Waals surface area contributed by atoms with Crippen molar-refractivity contribution in [1.82, 2.24) is 4.31 Å². The lowest BCUT2D eigenvalue weighted by atomic mass is 10.1. The smallest absolute Gasteiger partial charge is 0.247 e. The topological polar surface area (TPSA) is 89.7 Å². The lowest BCUT2D eigenvalue weighted by Crippen LogP contribution is -2.39. The average Bonchev–Trinajstić information content (AvgIpc) is 2.59. The van der Waals surface area contributed by atoms with Crippen molar-refractivity contribution in [3.8, 4) is 5.75 Å². The van der Waals surface area contributed by atoms with Gasteiger partial charge in [-0.15, -0.1) is 0 Å². The van der Waals surface area contributed by atoms with Gasteiger partial charge in [0, 0.05) is 6.54 Å². The third-order valence-electron chi connectivity index (χ3n) is 3.76. The molecule has 1 amide bonds. The zero-order valence-corrected chi connectivity index (χ0v) is 15.1. The van der Waals surface area contributed by atoms with Crippen molar-refractivity contribution in [2.24, 2.45) is 5.73 Å². The van der Waals surface area contributed by atoms with Crippen LogP contribution in [0.1, 0.15) is 11.1 Å². The molecule has 0 radical (unpaired) electrons. The zero-order chi connectivity index (χ0) is 18.4. The van der Waals surface area contributed by atoms with E-state index in [0.29, 0.717) is 6.42 Å². The number of hydrogen-bond acceptors (Lipinski definition) is 4. The first kappa shape index (κ1) is 19.0. The molecule has 0 heterocycles. The molecular formula is C18H22N2O4S. The molecule has 0 aromatic heterocycles. The predicted molar refractivity (Wildman–Crippen MR) is 95.8 cm³/mol. The Labute approximate surface area is 148 Å². The molecule has 134 valence electrons. The lowest BCUT2D eigenvalue weighted by molar-refractivity contribution is -0.118. The minimum absolute atomic E-state index is 0.0318. The molecule has 0 spiro atoms. The molecule has 0 fully saturated rings. The molecule has 0 aliphatic rings. The van der Waals surface area contributed by atoms with E-state index in [-0.39, 0.29) is 23.7 Å². The van der Waals surface area contributed by atoms with Gasteiger partial charge in [0.15, 0.2) is 0 Å². The molecule has 2 rings (SSSR count). The van der Waals surface area contributed by atoms with Crippen molar-refractivity contribution in [1.29, 1.82) is 0 Å². The fourth-order valence-electron chi connectivity index (χ4n) is 2.48. The van der Waals surface area contributed by atoms with Crippen LogP contribution in [-0.2, 0) is 21.2 Å². The van der Waals surface area contributed by atoms with Crippen LogP contribution in [0.2, 0.25) is 0 Å². The molecule has 0 unspecified atom stereocenters. The van der Waals surface area contributed by atoms with Crippen molar-refractivity contribution < 1.29 is 17.9 Å². The third kappa shape index (κ3) is 4.80. The number of hydrogen-bond donors (Lipinski definition) is 1. The summed E-state index contributed by atoms with van der Waals surface area (Å²) in [7, 11) is -2.52. The van der Waals surface area contributed by atoms with Crippen molar-refractivity contribution in [2.75, 3.05) is 20.2 Å². The van der Waals surface area contributed by atoms with Crippen LogP contribution in [0.4, 0.5) is 0 Å². The van der Waals surface area contributed by atoms with E-state index < -0.39 is 15.9 Å². The van der Waals surface area contributed by atoms with Gasteiger partial charge in [-0.25, -0.2) is 8.42 Å². The molecular weight excluding hydrogens is 340 g/mol. The Morgan fingerprint density at radius 2 is 1.84 bits per heavy atom. The first-order valence-electron chi connectivity index (χ1n) is 7.81. The number of benzene rings is 2. The van der Waals surface area contributed by atoms with Gasteiger partial charge in [0.1, 0.15) is 10.6 Å². The van der Waals surface area contributed by atoms with Crippen LogP contribution >= 0.6 is 0 Å². The van der Waals surface area contributed by atoms with Gasteiger partial charge in [0.25, 0.3) is 0 Å². The van der Waals surface area contributed by atoms with Gasteiger partial charge in [0.2, 0.25) is 15.9 Å². The molecule has 6 nitrogen and oxygen atoms in total. The summed E-state index contributed by atoms with van der Waals surface area (Å²) < 4.78 is 32.4.